The van der Waals surface area contributed by atoms with Crippen LogP contribution in [0.4, 0.5) is 0 Å². The minimum Gasteiger partial charge on any atom is -0.345 e. The van der Waals surface area contributed by atoms with Gasteiger partial charge in [0.1, 0.15) is 10.8 Å². The van der Waals surface area contributed by atoms with Gasteiger partial charge in [-0.15, -0.1) is 0 Å². The summed E-state index contributed by atoms with van der Waals surface area (Å²) in [5.74, 6) is -0.266. The van der Waals surface area contributed by atoms with Crippen molar-refractivity contribution in [1.82, 2.24) is 20.1 Å². The molecule has 0 aromatic carbocycles. The summed E-state index contributed by atoms with van der Waals surface area (Å²) in [6.07, 6.45) is 1.82. The van der Waals surface area contributed by atoms with Gasteiger partial charge in [0.25, 0.3) is 5.91 Å². The summed E-state index contributed by atoms with van der Waals surface area (Å²) in [5.41, 5.74) is 1.09. The van der Waals surface area contributed by atoms with Crippen molar-refractivity contribution in [2.24, 2.45) is 7.05 Å². The van der Waals surface area contributed by atoms with Gasteiger partial charge in [-0.05, 0) is 18.2 Å². The van der Waals surface area contributed by atoms with Crippen molar-refractivity contribution >= 4 is 17.5 Å². The lowest BCUT2D eigenvalue weighted by atomic mass is 10.3. The Bertz CT molecular complexity index is 538. The maximum absolute atomic E-state index is 11.7. The van der Waals surface area contributed by atoms with Crippen molar-refractivity contribution in [3.63, 3.8) is 0 Å². The number of pyridine rings is 1. The van der Waals surface area contributed by atoms with Crippen molar-refractivity contribution in [2.45, 2.75) is 6.54 Å². The third kappa shape index (κ3) is 3.04. The fraction of sp³-hybridized carbons (Fsp3) is 0.182. The van der Waals surface area contributed by atoms with Crippen molar-refractivity contribution in [3.8, 4) is 0 Å². The van der Waals surface area contributed by atoms with Gasteiger partial charge >= 0.3 is 0 Å². The second-order valence-electron chi connectivity index (χ2n) is 3.51. The van der Waals surface area contributed by atoms with E-state index in [0.717, 1.165) is 5.69 Å². The lowest BCUT2D eigenvalue weighted by Crippen LogP contribution is -2.24. The molecule has 0 aliphatic heterocycles. The van der Waals surface area contributed by atoms with Crippen LogP contribution in [0.3, 0.4) is 0 Å². The van der Waals surface area contributed by atoms with Gasteiger partial charge in [-0.25, -0.2) is 4.98 Å². The molecule has 2 heterocycles. The van der Waals surface area contributed by atoms with Crippen LogP contribution in [0, 0.1) is 0 Å². The monoisotopic (exact) mass is 250 g/mol. The number of aromatic nitrogens is 3. The minimum atomic E-state index is -0.266. The molecular weight excluding hydrogens is 240 g/mol. The van der Waals surface area contributed by atoms with E-state index in [-0.39, 0.29) is 5.91 Å². The summed E-state index contributed by atoms with van der Waals surface area (Å²) in [7, 11) is 1.82. The molecule has 0 aliphatic rings. The Kier molecular flexibility index (Phi) is 3.39. The van der Waals surface area contributed by atoms with Crippen LogP contribution in [0.15, 0.2) is 30.5 Å². The van der Waals surface area contributed by atoms with Crippen molar-refractivity contribution < 1.29 is 4.79 Å². The van der Waals surface area contributed by atoms with Crippen LogP contribution in [0.2, 0.25) is 5.15 Å². The standard InChI is InChI=1S/C11H11ClN4O/c1-16-6-5-8(15-16)7-13-11(17)9-3-2-4-10(12)14-9/h2-6H,7H2,1H3,(H,13,17). The smallest absolute Gasteiger partial charge is 0.270 e. The summed E-state index contributed by atoms with van der Waals surface area (Å²) < 4.78 is 1.68. The topological polar surface area (TPSA) is 59.8 Å². The van der Waals surface area contributed by atoms with Crippen LogP contribution in [-0.4, -0.2) is 20.7 Å². The molecule has 5 nitrogen and oxygen atoms in total. The van der Waals surface area contributed by atoms with Gasteiger partial charge in [-0.1, -0.05) is 17.7 Å². The van der Waals surface area contributed by atoms with E-state index in [1.165, 1.54) is 0 Å². The maximum atomic E-state index is 11.7. The minimum absolute atomic E-state index is 0.266. The predicted octanol–water partition coefficient (Wildman–Crippen LogP) is 1.40. The van der Waals surface area contributed by atoms with Crippen LogP contribution in [0.1, 0.15) is 16.2 Å². The Morgan fingerprint density at radius 2 is 2.29 bits per heavy atom. The van der Waals surface area contributed by atoms with E-state index in [0.29, 0.717) is 17.4 Å². The van der Waals surface area contributed by atoms with Crippen LogP contribution in [-0.2, 0) is 13.6 Å². The molecule has 17 heavy (non-hydrogen) atoms. The zero-order valence-corrected chi connectivity index (χ0v) is 9.98. The van der Waals surface area contributed by atoms with Gasteiger partial charge in [-0.3, -0.25) is 9.48 Å². The van der Waals surface area contributed by atoms with Crippen LogP contribution in [0.5, 0.6) is 0 Å². The molecule has 0 saturated carbocycles. The molecule has 0 radical (unpaired) electrons. The van der Waals surface area contributed by atoms with Crippen molar-refractivity contribution in [1.29, 1.82) is 0 Å². The van der Waals surface area contributed by atoms with Gasteiger partial charge in [0, 0.05) is 13.2 Å². The van der Waals surface area contributed by atoms with E-state index in [1.54, 1.807) is 22.9 Å². The van der Waals surface area contributed by atoms with E-state index in [2.05, 4.69) is 15.4 Å². The van der Waals surface area contributed by atoms with Gasteiger partial charge in [-0.2, -0.15) is 5.10 Å². The average molecular weight is 251 g/mol. The zero-order chi connectivity index (χ0) is 12.3. The molecular formula is C11H11ClN4O. The molecule has 0 unspecified atom stereocenters. The van der Waals surface area contributed by atoms with Crippen molar-refractivity contribution in [2.75, 3.05) is 0 Å². The summed E-state index contributed by atoms with van der Waals surface area (Å²) in [5, 5.41) is 7.17. The van der Waals surface area contributed by atoms with Crippen molar-refractivity contribution in [3.05, 3.63) is 47.0 Å². The van der Waals surface area contributed by atoms with Gasteiger partial charge < -0.3 is 5.32 Å². The number of amides is 1. The summed E-state index contributed by atoms with van der Waals surface area (Å²) in [4.78, 5) is 15.6. The number of halogens is 1. The highest BCUT2D eigenvalue weighted by atomic mass is 35.5. The molecule has 6 heteroatoms. The summed E-state index contributed by atoms with van der Waals surface area (Å²) >= 11 is 5.70. The number of hydrogen-bond donors (Lipinski definition) is 1. The molecule has 2 aromatic heterocycles. The Morgan fingerprint density at radius 3 is 2.94 bits per heavy atom. The Morgan fingerprint density at radius 1 is 1.47 bits per heavy atom. The third-order valence-electron chi connectivity index (χ3n) is 2.15. The highest BCUT2D eigenvalue weighted by molar-refractivity contribution is 6.29. The van der Waals surface area contributed by atoms with Gasteiger partial charge in [0.15, 0.2) is 0 Å². The fourth-order valence-electron chi connectivity index (χ4n) is 1.35. The SMILES string of the molecule is Cn1ccc(CNC(=O)c2cccc(Cl)n2)n1. The van der Waals surface area contributed by atoms with Crippen LogP contribution >= 0.6 is 11.6 Å². The van der Waals surface area contributed by atoms with Crippen LogP contribution < -0.4 is 5.32 Å². The first-order chi connectivity index (χ1) is 8.15. The van der Waals surface area contributed by atoms with E-state index in [1.807, 2.05) is 19.3 Å². The molecule has 88 valence electrons. The lowest BCUT2D eigenvalue weighted by Gasteiger charge is -2.02. The molecule has 2 aromatic rings. The molecule has 0 fully saturated rings. The maximum Gasteiger partial charge on any atom is 0.270 e. The van der Waals surface area contributed by atoms with E-state index >= 15 is 0 Å². The number of nitrogens with one attached hydrogen (secondary N) is 1. The zero-order valence-electron chi connectivity index (χ0n) is 9.22. The van der Waals surface area contributed by atoms with Gasteiger partial charge in [0.05, 0.1) is 12.2 Å². The highest BCUT2D eigenvalue weighted by Crippen LogP contribution is 2.05. The lowest BCUT2D eigenvalue weighted by molar-refractivity contribution is 0.0945. The number of nitrogens with zero attached hydrogens (tertiary/aromatic N) is 3. The largest absolute Gasteiger partial charge is 0.345 e. The number of hydrogen-bond acceptors (Lipinski definition) is 3. The molecule has 1 amide bonds. The molecule has 0 saturated heterocycles. The summed E-state index contributed by atoms with van der Waals surface area (Å²) in [6.45, 7) is 0.369. The van der Waals surface area contributed by atoms with Crippen LogP contribution in [0.25, 0.3) is 0 Å². The van der Waals surface area contributed by atoms with Gasteiger partial charge in [0.2, 0.25) is 0 Å². The first-order valence-electron chi connectivity index (χ1n) is 5.04. The second kappa shape index (κ2) is 4.97. The van der Waals surface area contributed by atoms with E-state index in [4.69, 9.17) is 11.6 Å². The molecule has 0 bridgehead atoms. The number of carbonyl (C=O) groups excluding carboxylic acids is 1. The number of aryl methyl sites for hydroxylation is 1. The molecule has 2 rings (SSSR count). The molecule has 0 spiro atoms. The average Bonchev–Trinajstić information content (AvgIpc) is 2.72. The normalized spacial score (nSPS) is 10.2. The quantitative estimate of drug-likeness (QED) is 0.838. The first-order valence-corrected chi connectivity index (χ1v) is 5.42. The van der Waals surface area contributed by atoms with E-state index in [9.17, 15) is 4.79 Å². The Hall–Kier alpha value is -1.88. The first kappa shape index (κ1) is 11.6. The molecule has 1 N–H and O–H groups in total. The second-order valence-corrected chi connectivity index (χ2v) is 3.90. The Balaban J connectivity index is 1.98. The summed E-state index contributed by atoms with van der Waals surface area (Å²) in [6, 6.07) is 6.76. The molecule has 0 atom stereocenters. The highest BCUT2D eigenvalue weighted by Gasteiger charge is 2.07. The number of rotatable bonds is 3. The fourth-order valence-corrected chi connectivity index (χ4v) is 1.52. The Labute approximate surface area is 103 Å². The van der Waals surface area contributed by atoms with E-state index < -0.39 is 0 Å². The third-order valence-corrected chi connectivity index (χ3v) is 2.36. The predicted molar refractivity (Wildman–Crippen MR) is 63.6 cm³/mol. The molecule has 0 aliphatic carbocycles. The number of carbonyl (C=O) groups is 1.